The molecule has 3 aliphatic carbocycles. The first-order chi connectivity index (χ1) is 17.4. The van der Waals surface area contributed by atoms with E-state index in [0.717, 1.165) is 50.5 Å². The van der Waals surface area contributed by atoms with Gasteiger partial charge in [0.25, 0.3) is 5.91 Å². The number of carbonyl (C=O) groups excluding carboxylic acids is 2. The lowest BCUT2D eigenvalue weighted by molar-refractivity contribution is -0.124. The lowest BCUT2D eigenvalue weighted by Gasteiger charge is -2.50. The Bertz CT molecular complexity index is 1260. The van der Waals surface area contributed by atoms with Crippen molar-refractivity contribution in [3.63, 3.8) is 0 Å². The van der Waals surface area contributed by atoms with Gasteiger partial charge in [-0.05, 0) is 109 Å². The van der Waals surface area contributed by atoms with Crippen LogP contribution in [0.1, 0.15) is 78.4 Å². The minimum absolute atomic E-state index is 0.0319. The fourth-order valence-corrected chi connectivity index (χ4v) is 7.90. The van der Waals surface area contributed by atoms with Gasteiger partial charge >= 0.3 is 0 Å². The van der Waals surface area contributed by atoms with Crippen LogP contribution in [0, 0.1) is 23.1 Å². The Hall–Kier alpha value is -3.02. The largest absolute Gasteiger partial charge is 0.357 e. The Kier molecular flexibility index (Phi) is 5.73. The summed E-state index contributed by atoms with van der Waals surface area (Å²) >= 11 is 0. The summed E-state index contributed by atoms with van der Waals surface area (Å²) in [6, 6.07) is 7.52. The lowest BCUT2D eigenvalue weighted by Crippen LogP contribution is -2.45. The minimum atomic E-state index is -0.365. The molecule has 1 aliphatic heterocycles. The summed E-state index contributed by atoms with van der Waals surface area (Å²) in [6.45, 7) is 3.00. The highest BCUT2D eigenvalue weighted by atomic mass is 19.1. The molecule has 1 N–H and O–H groups in total. The van der Waals surface area contributed by atoms with Crippen LogP contribution < -0.4 is 5.32 Å². The molecule has 0 unspecified atom stereocenters. The number of likely N-dealkylation sites (tertiary alicyclic amines) is 1. The fraction of sp³-hybridized carbons (Fsp3) is 0.500. The van der Waals surface area contributed by atoms with Gasteiger partial charge in [0.15, 0.2) is 0 Å². The van der Waals surface area contributed by atoms with E-state index in [1.165, 1.54) is 22.9 Å². The highest BCUT2D eigenvalue weighted by molar-refractivity contribution is 5.98. The number of fused-ring (bicyclic) bond motifs is 5. The highest BCUT2D eigenvalue weighted by Crippen LogP contribution is 2.63. The van der Waals surface area contributed by atoms with E-state index in [-0.39, 0.29) is 29.1 Å². The molecule has 0 radical (unpaired) electrons. The zero-order valence-electron chi connectivity index (χ0n) is 21.1. The van der Waals surface area contributed by atoms with E-state index < -0.39 is 0 Å². The predicted octanol–water partition coefficient (Wildman–Crippen LogP) is 5.12. The number of benzene rings is 1. The van der Waals surface area contributed by atoms with Crippen LogP contribution in [0.15, 0.2) is 42.7 Å². The molecule has 5 nitrogen and oxygen atoms in total. The van der Waals surface area contributed by atoms with E-state index in [1.807, 2.05) is 6.07 Å². The van der Waals surface area contributed by atoms with Gasteiger partial charge in [-0.25, -0.2) is 4.39 Å². The first-order valence-corrected chi connectivity index (χ1v) is 13.4. The number of aromatic nitrogens is 1. The monoisotopic (exact) mass is 487 g/mol. The SMILES string of the molecule is CNC(=O)[C@@H]1CCCN1C(=O)c1ccc2c(c1)CC[C@@H]1[C@@H]2CC[C@]2(C)C(c3cncc(F)c3)=CC[C@@H]12. The number of hydrogen-bond donors (Lipinski definition) is 1. The van der Waals surface area contributed by atoms with Crippen molar-refractivity contribution in [2.75, 3.05) is 13.6 Å². The molecule has 1 aromatic heterocycles. The molecule has 0 bridgehead atoms. The molecule has 0 spiro atoms. The van der Waals surface area contributed by atoms with Crippen LogP contribution in [0.2, 0.25) is 0 Å². The maximum absolute atomic E-state index is 13.9. The Balaban J connectivity index is 1.23. The number of aryl methyl sites for hydroxylation is 1. The molecular formula is C30H34FN3O2. The molecule has 2 aromatic rings. The number of rotatable bonds is 3. The van der Waals surface area contributed by atoms with Crippen molar-refractivity contribution in [2.24, 2.45) is 17.3 Å². The van der Waals surface area contributed by atoms with Gasteiger partial charge in [-0.15, -0.1) is 0 Å². The maximum Gasteiger partial charge on any atom is 0.254 e. The van der Waals surface area contributed by atoms with Crippen molar-refractivity contribution >= 4 is 17.4 Å². The lowest BCUT2D eigenvalue weighted by atomic mass is 9.54. The zero-order valence-corrected chi connectivity index (χ0v) is 21.1. The molecule has 5 atom stereocenters. The third-order valence-electron chi connectivity index (χ3n) is 9.63. The molecular weight excluding hydrogens is 453 g/mol. The molecule has 1 saturated carbocycles. The summed E-state index contributed by atoms with van der Waals surface area (Å²) in [4.78, 5) is 31.5. The maximum atomic E-state index is 13.9. The smallest absolute Gasteiger partial charge is 0.254 e. The summed E-state index contributed by atoms with van der Waals surface area (Å²) in [6.07, 6.45) is 12.3. The predicted molar refractivity (Wildman–Crippen MR) is 137 cm³/mol. The van der Waals surface area contributed by atoms with Crippen molar-refractivity contribution in [3.8, 4) is 0 Å². The van der Waals surface area contributed by atoms with Crippen molar-refractivity contribution in [3.05, 3.63) is 70.8 Å². The Morgan fingerprint density at radius 3 is 2.83 bits per heavy atom. The van der Waals surface area contributed by atoms with Crippen LogP contribution >= 0.6 is 0 Å². The van der Waals surface area contributed by atoms with Crippen LogP contribution in [0.25, 0.3) is 5.57 Å². The normalized spacial score (nSPS) is 30.8. The second-order valence-electron chi connectivity index (χ2n) is 11.3. The standard InChI is InChI=1S/C30H34FN3O2/c1-30-12-11-23-22-7-6-19(29(36)34-13-3-4-27(34)28(35)32-2)14-18(22)5-8-24(23)26(30)10-9-25(30)20-15-21(31)17-33-16-20/h6-7,9,14-17,23-24,26-27H,3-5,8,10-13H2,1-2H3,(H,32,35)/t23-,24-,26+,27+,30-/m1/s1. The van der Waals surface area contributed by atoms with Crippen LogP contribution in [0.3, 0.4) is 0 Å². The van der Waals surface area contributed by atoms with Gasteiger partial charge in [0.2, 0.25) is 5.91 Å². The summed E-state index contributed by atoms with van der Waals surface area (Å²) < 4.78 is 13.9. The third-order valence-corrected chi connectivity index (χ3v) is 9.63. The van der Waals surface area contributed by atoms with Gasteiger partial charge in [-0.3, -0.25) is 14.6 Å². The van der Waals surface area contributed by atoms with E-state index in [9.17, 15) is 14.0 Å². The van der Waals surface area contributed by atoms with Gasteiger partial charge in [0.05, 0.1) is 6.20 Å². The summed E-state index contributed by atoms with van der Waals surface area (Å²) in [5.74, 6) is 1.24. The van der Waals surface area contributed by atoms with Crippen molar-refractivity contribution in [2.45, 2.75) is 63.8 Å². The number of allylic oxidation sites excluding steroid dienone is 2. The van der Waals surface area contributed by atoms with E-state index in [1.54, 1.807) is 24.2 Å². The van der Waals surface area contributed by atoms with E-state index >= 15 is 0 Å². The number of likely N-dealkylation sites (N-methyl/N-ethyl adjacent to an activating group) is 1. The second kappa shape index (κ2) is 8.82. The molecule has 36 heavy (non-hydrogen) atoms. The zero-order chi connectivity index (χ0) is 25.0. The van der Waals surface area contributed by atoms with Crippen molar-refractivity contribution in [1.82, 2.24) is 15.2 Å². The number of carbonyl (C=O) groups is 2. The molecule has 2 heterocycles. The van der Waals surface area contributed by atoms with Gasteiger partial charge < -0.3 is 10.2 Å². The Morgan fingerprint density at radius 2 is 2.03 bits per heavy atom. The third kappa shape index (κ3) is 3.60. The average Bonchev–Trinajstić information content (AvgIpc) is 3.52. The quantitative estimate of drug-likeness (QED) is 0.654. The molecule has 4 aliphatic rings. The van der Waals surface area contributed by atoms with E-state index in [2.05, 4.69) is 35.4 Å². The molecule has 2 fully saturated rings. The first-order valence-electron chi connectivity index (χ1n) is 13.4. The summed E-state index contributed by atoms with van der Waals surface area (Å²) in [7, 11) is 1.63. The van der Waals surface area contributed by atoms with Crippen LogP contribution in [0.5, 0.6) is 0 Å². The Morgan fingerprint density at radius 1 is 1.17 bits per heavy atom. The highest BCUT2D eigenvalue weighted by Gasteiger charge is 2.52. The molecule has 188 valence electrons. The minimum Gasteiger partial charge on any atom is -0.357 e. The topological polar surface area (TPSA) is 62.3 Å². The van der Waals surface area contributed by atoms with Crippen LogP contribution in [-0.2, 0) is 11.2 Å². The molecule has 1 aromatic carbocycles. The number of nitrogens with zero attached hydrogens (tertiary/aromatic N) is 2. The van der Waals surface area contributed by atoms with Gasteiger partial charge in [0.1, 0.15) is 11.9 Å². The van der Waals surface area contributed by atoms with Crippen molar-refractivity contribution in [1.29, 1.82) is 0 Å². The van der Waals surface area contributed by atoms with E-state index in [0.29, 0.717) is 29.9 Å². The molecule has 6 heteroatoms. The number of halogens is 1. The first kappa shape index (κ1) is 23.4. The Labute approximate surface area is 212 Å². The number of pyridine rings is 1. The van der Waals surface area contributed by atoms with E-state index in [4.69, 9.17) is 0 Å². The second-order valence-corrected chi connectivity index (χ2v) is 11.3. The summed E-state index contributed by atoms with van der Waals surface area (Å²) in [5, 5.41) is 2.70. The molecule has 1 saturated heterocycles. The number of amides is 2. The van der Waals surface area contributed by atoms with Gasteiger partial charge in [0, 0.05) is 25.4 Å². The van der Waals surface area contributed by atoms with Gasteiger partial charge in [-0.1, -0.05) is 19.1 Å². The van der Waals surface area contributed by atoms with Crippen molar-refractivity contribution < 1.29 is 14.0 Å². The number of hydrogen-bond acceptors (Lipinski definition) is 3. The molecule has 2 amide bonds. The number of nitrogens with one attached hydrogen (secondary N) is 1. The van der Waals surface area contributed by atoms with Gasteiger partial charge in [-0.2, -0.15) is 0 Å². The molecule has 6 rings (SSSR count). The average molecular weight is 488 g/mol. The van der Waals surface area contributed by atoms with Crippen LogP contribution in [-0.4, -0.2) is 41.3 Å². The fourth-order valence-electron chi connectivity index (χ4n) is 7.90. The summed E-state index contributed by atoms with van der Waals surface area (Å²) in [5.41, 5.74) is 5.63. The van der Waals surface area contributed by atoms with Crippen LogP contribution in [0.4, 0.5) is 4.39 Å².